The summed E-state index contributed by atoms with van der Waals surface area (Å²) in [5.74, 6) is 0.375. The Labute approximate surface area is 97.3 Å². The number of halogens is 1. The maximum atomic E-state index is 13.5. The van der Waals surface area contributed by atoms with Gasteiger partial charge in [-0.15, -0.1) is 0 Å². The summed E-state index contributed by atoms with van der Waals surface area (Å²) in [4.78, 5) is 1.95. The molecular formula is C13H21FN2. The molecule has 0 aliphatic carbocycles. The summed E-state index contributed by atoms with van der Waals surface area (Å²) >= 11 is 0. The summed E-state index contributed by atoms with van der Waals surface area (Å²) in [6.07, 6.45) is 2.10. The summed E-state index contributed by atoms with van der Waals surface area (Å²) in [5, 5.41) is 0. The Hall–Kier alpha value is -1.09. The molecule has 16 heavy (non-hydrogen) atoms. The molecule has 1 aromatic rings. The van der Waals surface area contributed by atoms with Crippen molar-refractivity contribution in [1.82, 2.24) is 0 Å². The zero-order valence-corrected chi connectivity index (χ0v) is 10.1. The quantitative estimate of drug-likeness (QED) is 0.805. The molecule has 0 aromatic heterocycles. The fourth-order valence-corrected chi connectivity index (χ4v) is 1.75. The van der Waals surface area contributed by atoms with Crippen LogP contribution < -0.4 is 10.6 Å². The standard InChI is InChI=1S/C13H21FN2/c1-3-11(10-15)8-9-16(2)13-7-5-4-6-12(13)14/h4-7,11H,3,8-10,15H2,1-2H3. The van der Waals surface area contributed by atoms with Crippen LogP contribution in [0, 0.1) is 11.7 Å². The fourth-order valence-electron chi connectivity index (χ4n) is 1.75. The van der Waals surface area contributed by atoms with Crippen molar-refractivity contribution in [2.45, 2.75) is 19.8 Å². The van der Waals surface area contributed by atoms with Crippen molar-refractivity contribution >= 4 is 5.69 Å². The summed E-state index contributed by atoms with van der Waals surface area (Å²) in [6.45, 7) is 3.69. The van der Waals surface area contributed by atoms with Gasteiger partial charge in [-0.1, -0.05) is 25.5 Å². The Bertz CT molecular complexity index is 311. The Kier molecular flexibility index (Phi) is 5.26. The van der Waals surface area contributed by atoms with Gasteiger partial charge < -0.3 is 10.6 Å². The highest BCUT2D eigenvalue weighted by atomic mass is 19.1. The molecule has 1 unspecified atom stereocenters. The maximum Gasteiger partial charge on any atom is 0.146 e. The van der Waals surface area contributed by atoms with Gasteiger partial charge in [0.05, 0.1) is 5.69 Å². The summed E-state index contributed by atoms with van der Waals surface area (Å²) in [5.41, 5.74) is 6.31. The molecule has 1 atom stereocenters. The second-order valence-corrected chi connectivity index (χ2v) is 4.17. The second-order valence-electron chi connectivity index (χ2n) is 4.17. The summed E-state index contributed by atoms with van der Waals surface area (Å²) < 4.78 is 13.5. The SMILES string of the molecule is CCC(CN)CCN(C)c1ccccc1F. The molecule has 0 saturated heterocycles. The van der Waals surface area contributed by atoms with E-state index in [9.17, 15) is 4.39 Å². The van der Waals surface area contributed by atoms with E-state index in [1.807, 2.05) is 18.0 Å². The van der Waals surface area contributed by atoms with Gasteiger partial charge in [-0.3, -0.25) is 0 Å². The van der Waals surface area contributed by atoms with Crippen LogP contribution in [0.25, 0.3) is 0 Å². The van der Waals surface area contributed by atoms with E-state index >= 15 is 0 Å². The van der Waals surface area contributed by atoms with E-state index in [1.54, 1.807) is 12.1 Å². The number of hydrogen-bond acceptors (Lipinski definition) is 2. The van der Waals surface area contributed by atoms with Gasteiger partial charge in [0.1, 0.15) is 5.82 Å². The number of hydrogen-bond donors (Lipinski definition) is 1. The fraction of sp³-hybridized carbons (Fsp3) is 0.538. The third kappa shape index (κ3) is 3.49. The van der Waals surface area contributed by atoms with Gasteiger partial charge in [0, 0.05) is 13.6 Å². The Morgan fingerprint density at radius 3 is 2.62 bits per heavy atom. The predicted molar refractivity (Wildman–Crippen MR) is 67.1 cm³/mol. The predicted octanol–water partition coefficient (Wildman–Crippen LogP) is 2.64. The minimum atomic E-state index is -0.161. The number of para-hydroxylation sites is 1. The molecule has 0 aliphatic heterocycles. The largest absolute Gasteiger partial charge is 0.372 e. The number of benzene rings is 1. The van der Waals surface area contributed by atoms with E-state index in [-0.39, 0.29) is 5.82 Å². The molecule has 0 heterocycles. The maximum absolute atomic E-state index is 13.5. The first-order valence-electron chi connectivity index (χ1n) is 5.84. The first-order chi connectivity index (χ1) is 7.69. The van der Waals surface area contributed by atoms with Gasteiger partial charge in [0.25, 0.3) is 0 Å². The normalized spacial score (nSPS) is 12.5. The Morgan fingerprint density at radius 2 is 2.06 bits per heavy atom. The number of anilines is 1. The van der Waals surface area contributed by atoms with Crippen molar-refractivity contribution in [3.05, 3.63) is 30.1 Å². The average Bonchev–Trinajstić information content (AvgIpc) is 2.30. The Morgan fingerprint density at radius 1 is 1.38 bits per heavy atom. The molecule has 2 N–H and O–H groups in total. The van der Waals surface area contributed by atoms with Crippen LogP contribution in [0.15, 0.2) is 24.3 Å². The van der Waals surface area contributed by atoms with Crippen LogP contribution in [0.5, 0.6) is 0 Å². The number of rotatable bonds is 6. The molecule has 0 saturated carbocycles. The first-order valence-corrected chi connectivity index (χ1v) is 5.84. The molecule has 0 aliphatic rings. The van der Waals surface area contributed by atoms with Crippen LogP contribution in [0.2, 0.25) is 0 Å². The smallest absolute Gasteiger partial charge is 0.146 e. The van der Waals surface area contributed by atoms with Crippen LogP contribution in [0.1, 0.15) is 19.8 Å². The van der Waals surface area contributed by atoms with Crippen LogP contribution >= 0.6 is 0 Å². The highest BCUT2D eigenvalue weighted by Gasteiger charge is 2.09. The topological polar surface area (TPSA) is 29.3 Å². The van der Waals surface area contributed by atoms with Crippen LogP contribution in [0.4, 0.5) is 10.1 Å². The molecule has 3 heteroatoms. The molecule has 0 fully saturated rings. The van der Waals surface area contributed by atoms with Crippen molar-refractivity contribution in [1.29, 1.82) is 0 Å². The van der Waals surface area contributed by atoms with Gasteiger partial charge in [0.2, 0.25) is 0 Å². The van der Waals surface area contributed by atoms with Crippen LogP contribution in [-0.4, -0.2) is 20.1 Å². The monoisotopic (exact) mass is 224 g/mol. The van der Waals surface area contributed by atoms with Gasteiger partial charge in [0.15, 0.2) is 0 Å². The Balaban J connectivity index is 2.52. The van der Waals surface area contributed by atoms with E-state index in [0.717, 1.165) is 19.4 Å². The lowest BCUT2D eigenvalue weighted by atomic mass is 10.0. The molecule has 0 amide bonds. The van der Waals surface area contributed by atoms with Crippen molar-refractivity contribution in [3.8, 4) is 0 Å². The molecule has 90 valence electrons. The summed E-state index contributed by atoms with van der Waals surface area (Å²) in [7, 11) is 1.92. The number of nitrogens with zero attached hydrogens (tertiary/aromatic N) is 1. The van der Waals surface area contributed by atoms with Crippen LogP contribution in [-0.2, 0) is 0 Å². The third-order valence-electron chi connectivity index (χ3n) is 3.05. The van der Waals surface area contributed by atoms with Crippen molar-refractivity contribution in [3.63, 3.8) is 0 Å². The molecular weight excluding hydrogens is 203 g/mol. The molecule has 0 bridgehead atoms. The van der Waals surface area contributed by atoms with Gasteiger partial charge in [-0.05, 0) is 31.0 Å². The second kappa shape index (κ2) is 6.48. The van der Waals surface area contributed by atoms with Crippen molar-refractivity contribution in [2.24, 2.45) is 11.7 Å². The lowest BCUT2D eigenvalue weighted by Crippen LogP contribution is -2.24. The van der Waals surface area contributed by atoms with Gasteiger partial charge in [-0.25, -0.2) is 4.39 Å². The number of nitrogens with two attached hydrogens (primary N) is 1. The van der Waals surface area contributed by atoms with Crippen molar-refractivity contribution in [2.75, 3.05) is 25.0 Å². The molecule has 0 radical (unpaired) electrons. The zero-order valence-electron chi connectivity index (χ0n) is 10.1. The first kappa shape index (κ1) is 13.0. The van der Waals surface area contributed by atoms with E-state index < -0.39 is 0 Å². The molecule has 1 rings (SSSR count). The van der Waals surface area contributed by atoms with Crippen molar-refractivity contribution < 1.29 is 4.39 Å². The van der Waals surface area contributed by atoms with Crippen LogP contribution in [0.3, 0.4) is 0 Å². The minimum absolute atomic E-state index is 0.161. The zero-order chi connectivity index (χ0) is 12.0. The van der Waals surface area contributed by atoms with E-state index in [1.165, 1.54) is 6.07 Å². The highest BCUT2D eigenvalue weighted by molar-refractivity contribution is 5.46. The highest BCUT2D eigenvalue weighted by Crippen LogP contribution is 2.18. The average molecular weight is 224 g/mol. The van der Waals surface area contributed by atoms with Gasteiger partial charge >= 0.3 is 0 Å². The molecule has 2 nitrogen and oxygen atoms in total. The van der Waals surface area contributed by atoms with Gasteiger partial charge in [-0.2, -0.15) is 0 Å². The van der Waals surface area contributed by atoms with E-state index in [4.69, 9.17) is 5.73 Å². The summed E-state index contributed by atoms with van der Waals surface area (Å²) in [6, 6.07) is 6.86. The third-order valence-corrected chi connectivity index (χ3v) is 3.05. The lowest BCUT2D eigenvalue weighted by molar-refractivity contribution is 0.482. The lowest BCUT2D eigenvalue weighted by Gasteiger charge is -2.22. The minimum Gasteiger partial charge on any atom is -0.372 e. The molecule has 1 aromatic carbocycles. The van der Waals surface area contributed by atoms with E-state index in [0.29, 0.717) is 18.2 Å². The van der Waals surface area contributed by atoms with E-state index in [2.05, 4.69) is 6.92 Å². The molecule has 0 spiro atoms.